The van der Waals surface area contributed by atoms with Crippen LogP contribution in [0, 0.1) is 10.8 Å². The minimum atomic E-state index is -0.848. The van der Waals surface area contributed by atoms with E-state index in [1.807, 2.05) is 6.92 Å². The number of rotatable bonds is 9. The van der Waals surface area contributed by atoms with Crippen molar-refractivity contribution in [1.29, 1.82) is 0 Å². The molecular formula is C40H56O4. The Hall–Kier alpha value is -2.50. The molecule has 0 aromatic carbocycles. The molecule has 4 nitrogen and oxygen atoms in total. The topological polar surface area (TPSA) is 58.9 Å². The summed E-state index contributed by atoms with van der Waals surface area (Å²) in [5, 5.41) is 21.5. The van der Waals surface area contributed by atoms with Crippen molar-refractivity contribution in [1.82, 2.24) is 0 Å². The van der Waals surface area contributed by atoms with Gasteiger partial charge in [-0.2, -0.15) is 0 Å². The van der Waals surface area contributed by atoms with Gasteiger partial charge in [0.2, 0.25) is 0 Å². The van der Waals surface area contributed by atoms with Crippen molar-refractivity contribution in [3.05, 3.63) is 107 Å². The summed E-state index contributed by atoms with van der Waals surface area (Å²) in [5.74, 6) is 0. The first-order valence-corrected chi connectivity index (χ1v) is 16.3. The van der Waals surface area contributed by atoms with E-state index in [4.69, 9.17) is 9.47 Å². The van der Waals surface area contributed by atoms with Crippen molar-refractivity contribution in [2.45, 2.75) is 130 Å². The van der Waals surface area contributed by atoms with Crippen LogP contribution >= 0.6 is 0 Å². The fraction of sp³-hybridized carbons (Fsp3) is 0.550. The third kappa shape index (κ3) is 7.15. The van der Waals surface area contributed by atoms with Crippen LogP contribution < -0.4 is 0 Å². The number of allylic oxidation sites excluding steroid dienone is 14. The van der Waals surface area contributed by atoms with Gasteiger partial charge in [-0.15, -0.1) is 0 Å². The lowest BCUT2D eigenvalue weighted by molar-refractivity contribution is -0.115. The zero-order valence-electron chi connectivity index (χ0n) is 28.8. The summed E-state index contributed by atoms with van der Waals surface area (Å²) in [6, 6.07) is 0. The van der Waals surface area contributed by atoms with Gasteiger partial charge in [0.05, 0.1) is 29.5 Å². The van der Waals surface area contributed by atoms with E-state index in [9.17, 15) is 10.2 Å². The largest absolute Gasteiger partial charge is 0.393 e. The molecule has 3 aliphatic heterocycles. The molecule has 4 aliphatic rings. The maximum atomic E-state index is 11.1. The summed E-state index contributed by atoms with van der Waals surface area (Å²) >= 11 is 0. The van der Waals surface area contributed by atoms with Crippen LogP contribution in [0.25, 0.3) is 0 Å². The molecule has 2 saturated heterocycles. The Balaban J connectivity index is 1.29. The molecular weight excluding hydrogens is 544 g/mol. The fourth-order valence-corrected chi connectivity index (χ4v) is 8.07. The Morgan fingerprint density at radius 1 is 0.727 bits per heavy atom. The van der Waals surface area contributed by atoms with E-state index in [0.717, 1.165) is 35.1 Å². The van der Waals surface area contributed by atoms with Crippen LogP contribution in [0.2, 0.25) is 0 Å². The highest BCUT2D eigenvalue weighted by Gasteiger charge is 2.67. The van der Waals surface area contributed by atoms with Gasteiger partial charge in [-0.1, -0.05) is 111 Å². The van der Waals surface area contributed by atoms with Gasteiger partial charge in [-0.25, -0.2) is 0 Å². The molecule has 0 aromatic rings. The Morgan fingerprint density at radius 2 is 1.30 bits per heavy atom. The molecule has 3 fully saturated rings. The molecule has 4 heteroatoms. The lowest BCUT2D eigenvalue weighted by Crippen LogP contribution is -2.56. The van der Waals surface area contributed by atoms with E-state index in [2.05, 4.69) is 141 Å². The highest BCUT2D eigenvalue weighted by Crippen LogP contribution is 2.60. The predicted molar refractivity (Wildman–Crippen MR) is 183 cm³/mol. The second-order valence-electron chi connectivity index (χ2n) is 15.4. The van der Waals surface area contributed by atoms with Crippen molar-refractivity contribution in [2.75, 3.05) is 0 Å². The molecule has 0 aromatic heterocycles. The fourth-order valence-electron chi connectivity index (χ4n) is 8.07. The van der Waals surface area contributed by atoms with E-state index in [0.29, 0.717) is 12.8 Å². The average molecular weight is 601 g/mol. The minimum Gasteiger partial charge on any atom is -0.393 e. The van der Waals surface area contributed by atoms with Gasteiger partial charge in [-0.3, -0.25) is 0 Å². The molecule has 6 atom stereocenters. The summed E-state index contributed by atoms with van der Waals surface area (Å²) in [6.45, 7) is 21.2. The van der Waals surface area contributed by atoms with Crippen LogP contribution in [-0.2, 0) is 9.47 Å². The summed E-state index contributed by atoms with van der Waals surface area (Å²) in [5.41, 5.74) is 3.90. The van der Waals surface area contributed by atoms with E-state index >= 15 is 0 Å². The smallest absolute Gasteiger partial charge is 0.120 e. The number of aliphatic hydroxyl groups excluding tert-OH is 1. The Kier molecular flexibility index (Phi) is 9.93. The summed E-state index contributed by atoms with van der Waals surface area (Å²) in [6.07, 6.45) is 30.2. The molecule has 1 unspecified atom stereocenters. The quantitative estimate of drug-likeness (QED) is 0.205. The molecule has 44 heavy (non-hydrogen) atoms. The monoisotopic (exact) mass is 600 g/mol. The third-order valence-corrected chi connectivity index (χ3v) is 10.2. The maximum Gasteiger partial charge on any atom is 0.120 e. The molecule has 2 bridgehead atoms. The van der Waals surface area contributed by atoms with Gasteiger partial charge in [0.15, 0.2) is 0 Å². The Labute approximate surface area is 267 Å². The van der Waals surface area contributed by atoms with E-state index < -0.39 is 11.2 Å². The molecule has 3 heterocycles. The van der Waals surface area contributed by atoms with Gasteiger partial charge in [-0.05, 0) is 83.1 Å². The summed E-state index contributed by atoms with van der Waals surface area (Å²) in [7, 11) is 0. The lowest BCUT2D eigenvalue weighted by atomic mass is 9.61. The standard InChI is InChI=1S/C40H56O4/c1-28(17-13-18-30(3)21-22-40-37(7,8)26-33(43-40)27-39(40,10)42)15-11-12-16-29(2)19-14-20-31(4)34-23-35-36(5,6)24-32(41)25-38(35,9)44-34/h11-23,32-34,41-42H,24-27H2,1-10H3/b12-11+,17-13+,19-14+,22-21+,28-15+,29-16+,30-18+,31-20+/t32-,33-,34?,38+,39+,40+/m0/s1. The minimum absolute atomic E-state index is 0.0514. The number of hydrogen-bond donors (Lipinski definition) is 2. The number of fused-ring (bicyclic) bond motifs is 3. The van der Waals surface area contributed by atoms with Crippen LogP contribution in [0.5, 0.6) is 0 Å². The third-order valence-electron chi connectivity index (χ3n) is 10.2. The Bertz CT molecular complexity index is 1350. The van der Waals surface area contributed by atoms with Crippen molar-refractivity contribution >= 4 is 0 Å². The second-order valence-corrected chi connectivity index (χ2v) is 15.4. The van der Waals surface area contributed by atoms with Crippen LogP contribution in [0.15, 0.2) is 107 Å². The molecule has 240 valence electrons. The highest BCUT2D eigenvalue weighted by molar-refractivity contribution is 5.38. The van der Waals surface area contributed by atoms with Gasteiger partial charge < -0.3 is 19.7 Å². The zero-order chi connectivity index (χ0) is 32.6. The molecule has 1 saturated carbocycles. The Morgan fingerprint density at radius 3 is 1.89 bits per heavy atom. The maximum absolute atomic E-state index is 11.1. The SMILES string of the molecule is CC(/C=C/C=C(C)/C=C/[C@@]12O[C@@H](CC1(C)C)C[C@@]2(C)O)=C\C=C\C=C(C)\C=C\C=C(/C)C1C=C2C(C)(C)C[C@H](O)C[C@@]2(C)O1. The van der Waals surface area contributed by atoms with Crippen LogP contribution in [-0.4, -0.2) is 45.3 Å². The van der Waals surface area contributed by atoms with E-state index in [-0.39, 0.29) is 34.7 Å². The summed E-state index contributed by atoms with van der Waals surface area (Å²) in [4.78, 5) is 0. The molecule has 0 spiro atoms. The first kappa shape index (κ1) is 34.4. The van der Waals surface area contributed by atoms with Crippen molar-refractivity contribution in [3.63, 3.8) is 0 Å². The van der Waals surface area contributed by atoms with Crippen molar-refractivity contribution < 1.29 is 19.7 Å². The van der Waals surface area contributed by atoms with Crippen molar-refractivity contribution in [2.24, 2.45) is 10.8 Å². The molecule has 2 N–H and O–H groups in total. The molecule has 1 aliphatic carbocycles. The first-order chi connectivity index (χ1) is 20.4. The predicted octanol–water partition coefficient (Wildman–Crippen LogP) is 8.97. The summed E-state index contributed by atoms with van der Waals surface area (Å²) < 4.78 is 12.8. The van der Waals surface area contributed by atoms with E-state index in [1.54, 1.807) is 0 Å². The number of ether oxygens (including phenoxy) is 2. The normalized spacial score (nSPS) is 37.7. The molecule has 0 amide bonds. The van der Waals surface area contributed by atoms with Crippen LogP contribution in [0.1, 0.15) is 94.9 Å². The van der Waals surface area contributed by atoms with Crippen LogP contribution in [0.3, 0.4) is 0 Å². The molecule has 4 rings (SSSR count). The highest BCUT2D eigenvalue weighted by atomic mass is 16.5. The van der Waals surface area contributed by atoms with Crippen molar-refractivity contribution in [3.8, 4) is 0 Å². The van der Waals surface area contributed by atoms with Gasteiger partial charge in [0.1, 0.15) is 5.60 Å². The zero-order valence-corrected chi connectivity index (χ0v) is 28.8. The average Bonchev–Trinajstić information content (AvgIpc) is 3.47. The van der Waals surface area contributed by atoms with E-state index in [1.165, 1.54) is 5.57 Å². The first-order valence-electron chi connectivity index (χ1n) is 16.3. The van der Waals surface area contributed by atoms with Gasteiger partial charge in [0, 0.05) is 18.3 Å². The van der Waals surface area contributed by atoms with Gasteiger partial charge in [0.25, 0.3) is 0 Å². The van der Waals surface area contributed by atoms with Gasteiger partial charge >= 0.3 is 0 Å². The number of hydrogen-bond acceptors (Lipinski definition) is 4. The lowest BCUT2D eigenvalue weighted by Gasteiger charge is -2.46. The number of aliphatic hydroxyl groups is 2. The second kappa shape index (κ2) is 12.7. The van der Waals surface area contributed by atoms with Crippen LogP contribution in [0.4, 0.5) is 0 Å². The molecule has 0 radical (unpaired) electrons.